The van der Waals surface area contributed by atoms with Gasteiger partial charge in [0.15, 0.2) is 5.75 Å². The fourth-order valence-electron chi connectivity index (χ4n) is 4.57. The summed E-state index contributed by atoms with van der Waals surface area (Å²) in [6.07, 6.45) is 3.28. The van der Waals surface area contributed by atoms with Crippen LogP contribution in [0.25, 0.3) is 0 Å². The molecule has 0 bridgehead atoms. The van der Waals surface area contributed by atoms with Crippen molar-refractivity contribution in [3.8, 4) is 5.75 Å². The van der Waals surface area contributed by atoms with Gasteiger partial charge in [-0.3, -0.25) is 19.3 Å². The van der Waals surface area contributed by atoms with E-state index in [0.717, 1.165) is 30.6 Å². The maximum Gasteiger partial charge on any atom is 0.387 e. The zero-order valence-electron chi connectivity index (χ0n) is 21.5. The molecule has 2 fully saturated rings. The van der Waals surface area contributed by atoms with Crippen LogP contribution in [0.4, 0.5) is 20.2 Å². The predicted octanol–water partition coefficient (Wildman–Crippen LogP) is 4.23. The van der Waals surface area contributed by atoms with Crippen molar-refractivity contribution in [2.75, 3.05) is 49.6 Å². The molecule has 1 saturated carbocycles. The third-order valence-corrected chi connectivity index (χ3v) is 8.09. The highest BCUT2D eigenvalue weighted by atomic mass is 35.5. The Kier molecular flexibility index (Phi) is 10.1. The van der Waals surface area contributed by atoms with Gasteiger partial charge in [-0.2, -0.15) is 8.78 Å². The number of hydrogen-bond acceptors (Lipinski definition) is 7. The van der Waals surface area contributed by atoms with Crippen LogP contribution in [-0.4, -0.2) is 74.7 Å². The van der Waals surface area contributed by atoms with E-state index in [4.69, 9.17) is 21.1 Å². The van der Waals surface area contributed by atoms with Crippen molar-refractivity contribution >= 4 is 52.0 Å². The predicted molar refractivity (Wildman–Crippen MR) is 145 cm³/mol. The van der Waals surface area contributed by atoms with Gasteiger partial charge in [-0.25, -0.2) is 0 Å². The lowest BCUT2D eigenvalue weighted by Crippen LogP contribution is -2.52. The number of benzene rings is 1. The van der Waals surface area contributed by atoms with Gasteiger partial charge in [-0.05, 0) is 49.6 Å². The second-order valence-corrected chi connectivity index (χ2v) is 11.1. The monoisotopic (exact) mass is 584 g/mol. The first-order chi connectivity index (χ1) is 18.7. The van der Waals surface area contributed by atoms with Gasteiger partial charge >= 0.3 is 6.61 Å². The van der Waals surface area contributed by atoms with E-state index in [1.165, 1.54) is 17.0 Å². The maximum atomic E-state index is 13.6. The number of thiophene rings is 1. The molecule has 13 heteroatoms. The number of carbonyl (C=O) groups excluding carboxylic acids is 3. The minimum atomic E-state index is -3.14. The molecule has 1 saturated heterocycles. The number of morpholine rings is 1. The molecule has 4 rings (SSSR count). The molecular weight excluding hydrogens is 554 g/mol. The molecule has 1 aromatic heterocycles. The molecule has 1 aliphatic heterocycles. The maximum absolute atomic E-state index is 13.6. The van der Waals surface area contributed by atoms with Crippen LogP contribution >= 0.6 is 22.9 Å². The summed E-state index contributed by atoms with van der Waals surface area (Å²) in [7, 11) is 0. The van der Waals surface area contributed by atoms with Crippen LogP contribution in [0.15, 0.2) is 30.3 Å². The van der Waals surface area contributed by atoms with Crippen LogP contribution in [0, 0.1) is 5.92 Å². The zero-order valence-corrected chi connectivity index (χ0v) is 23.0. The van der Waals surface area contributed by atoms with Crippen molar-refractivity contribution in [2.45, 2.75) is 38.8 Å². The van der Waals surface area contributed by atoms with Gasteiger partial charge in [0, 0.05) is 31.4 Å². The van der Waals surface area contributed by atoms with E-state index in [1.807, 2.05) is 11.8 Å². The quantitative estimate of drug-likeness (QED) is 0.387. The van der Waals surface area contributed by atoms with Crippen molar-refractivity contribution in [1.29, 1.82) is 0 Å². The van der Waals surface area contributed by atoms with Crippen LogP contribution in [0.3, 0.4) is 0 Å². The Balaban J connectivity index is 1.54. The van der Waals surface area contributed by atoms with Crippen molar-refractivity contribution in [1.82, 2.24) is 10.2 Å². The van der Waals surface area contributed by atoms with Gasteiger partial charge in [0.2, 0.25) is 5.91 Å². The van der Waals surface area contributed by atoms with Crippen LogP contribution in [0.2, 0.25) is 4.34 Å². The number of hydrogen-bond donors (Lipinski definition) is 2. The summed E-state index contributed by atoms with van der Waals surface area (Å²) in [4.78, 5) is 42.3. The number of rotatable bonds is 12. The number of alkyl halides is 2. The van der Waals surface area contributed by atoms with Gasteiger partial charge in [-0.15, -0.1) is 11.3 Å². The van der Waals surface area contributed by atoms with E-state index in [2.05, 4.69) is 10.6 Å². The topological polar surface area (TPSA) is 100 Å². The molecule has 2 aromatic rings. The normalized spacial score (nSPS) is 16.8. The number of anilines is 2. The Morgan fingerprint density at radius 2 is 2.08 bits per heavy atom. The summed E-state index contributed by atoms with van der Waals surface area (Å²) in [6.45, 7) is 0.487. The lowest BCUT2D eigenvalue weighted by atomic mass is 9.85. The Hall–Kier alpha value is -2.80. The summed E-state index contributed by atoms with van der Waals surface area (Å²) < 4.78 is 36.9. The summed E-state index contributed by atoms with van der Waals surface area (Å²) in [5.41, 5.74) is 0.390. The SMILES string of the molecule is CCN(CC1CCC1)[C@H](CNC(=O)c1ccc(Cl)s1)C(=O)Nc1ccc(N2CCOCC2=O)cc1OC(F)F. The Morgan fingerprint density at radius 3 is 2.69 bits per heavy atom. The second-order valence-electron chi connectivity index (χ2n) is 9.36. The molecule has 0 unspecified atom stereocenters. The smallest absolute Gasteiger partial charge is 0.387 e. The van der Waals surface area contributed by atoms with Crippen molar-refractivity contribution < 1.29 is 32.6 Å². The molecule has 39 heavy (non-hydrogen) atoms. The summed E-state index contributed by atoms with van der Waals surface area (Å²) in [5.74, 6) is -0.956. The molecule has 1 aromatic carbocycles. The second kappa shape index (κ2) is 13.5. The minimum Gasteiger partial charge on any atom is -0.433 e. The number of halogens is 3. The number of amides is 3. The van der Waals surface area contributed by atoms with Gasteiger partial charge in [0.05, 0.1) is 21.5 Å². The van der Waals surface area contributed by atoms with Gasteiger partial charge < -0.3 is 25.0 Å². The van der Waals surface area contributed by atoms with E-state index < -0.39 is 18.6 Å². The standard InChI is InChI=1S/C26H31ClF2N4O5S/c1-2-32(14-16-4-3-5-16)19(13-30-25(36)21-8-9-22(27)39-21)24(35)31-18-7-6-17(12-20(18)38-26(28)29)33-10-11-37-15-23(33)34/h6-9,12,16,19,26H,2-5,10-11,13-15H2,1H3,(H,30,36)(H,31,35)/t19-/m1/s1. The van der Waals surface area contributed by atoms with Gasteiger partial charge in [0.1, 0.15) is 12.6 Å². The molecular formula is C26H31ClF2N4O5S. The van der Waals surface area contributed by atoms with Crippen LogP contribution < -0.4 is 20.3 Å². The van der Waals surface area contributed by atoms with E-state index in [-0.39, 0.29) is 42.9 Å². The molecule has 2 heterocycles. The largest absolute Gasteiger partial charge is 0.433 e. The highest BCUT2D eigenvalue weighted by Crippen LogP contribution is 2.33. The van der Waals surface area contributed by atoms with Crippen LogP contribution in [0.1, 0.15) is 35.9 Å². The van der Waals surface area contributed by atoms with Crippen molar-refractivity contribution in [2.24, 2.45) is 5.92 Å². The molecule has 212 valence electrons. The molecule has 2 aliphatic rings. The van der Waals surface area contributed by atoms with Gasteiger partial charge in [-0.1, -0.05) is 24.9 Å². The Bertz CT molecular complexity index is 1180. The van der Waals surface area contributed by atoms with Crippen LogP contribution in [0.5, 0.6) is 5.75 Å². The third-order valence-electron chi connectivity index (χ3n) is 6.86. The number of nitrogens with zero attached hydrogens (tertiary/aromatic N) is 2. The van der Waals surface area contributed by atoms with Crippen LogP contribution in [-0.2, 0) is 14.3 Å². The first kappa shape index (κ1) is 29.2. The van der Waals surface area contributed by atoms with Crippen molar-refractivity contribution in [3.05, 3.63) is 39.5 Å². The van der Waals surface area contributed by atoms with E-state index >= 15 is 0 Å². The molecule has 3 amide bonds. The molecule has 1 atom stereocenters. The minimum absolute atomic E-state index is 0.00610. The average Bonchev–Trinajstić information content (AvgIpc) is 3.32. The fourth-order valence-corrected chi connectivity index (χ4v) is 5.53. The lowest BCUT2D eigenvalue weighted by molar-refractivity contribution is -0.125. The van der Waals surface area contributed by atoms with E-state index in [0.29, 0.717) is 40.5 Å². The van der Waals surface area contributed by atoms with E-state index in [1.54, 1.807) is 18.2 Å². The Labute approximate surface area is 234 Å². The first-order valence-electron chi connectivity index (χ1n) is 12.8. The molecule has 1 aliphatic carbocycles. The van der Waals surface area contributed by atoms with E-state index in [9.17, 15) is 23.2 Å². The van der Waals surface area contributed by atoms with Gasteiger partial charge in [0.25, 0.3) is 11.8 Å². The Morgan fingerprint density at radius 1 is 1.28 bits per heavy atom. The zero-order chi connectivity index (χ0) is 27.9. The number of ether oxygens (including phenoxy) is 2. The van der Waals surface area contributed by atoms with Crippen molar-refractivity contribution in [3.63, 3.8) is 0 Å². The highest BCUT2D eigenvalue weighted by molar-refractivity contribution is 7.18. The summed E-state index contributed by atoms with van der Waals surface area (Å²) in [6, 6.07) is 6.75. The highest BCUT2D eigenvalue weighted by Gasteiger charge is 2.31. The number of carbonyl (C=O) groups is 3. The molecule has 9 nitrogen and oxygen atoms in total. The molecule has 2 N–H and O–H groups in total. The lowest BCUT2D eigenvalue weighted by Gasteiger charge is -2.36. The fraction of sp³-hybridized carbons (Fsp3) is 0.500. The average molecular weight is 585 g/mol. The molecule has 0 spiro atoms. The first-order valence-corrected chi connectivity index (χ1v) is 14.0. The third kappa shape index (κ3) is 7.65. The summed E-state index contributed by atoms with van der Waals surface area (Å²) in [5, 5.41) is 5.52. The number of nitrogens with one attached hydrogen (secondary N) is 2. The number of likely N-dealkylation sites (N-methyl/N-ethyl adjacent to an activating group) is 1. The molecule has 0 radical (unpaired) electrons. The summed E-state index contributed by atoms with van der Waals surface area (Å²) >= 11 is 7.09.